The molecule has 0 aromatic heterocycles. The second-order valence-corrected chi connectivity index (χ2v) is 4.39. The van der Waals surface area contributed by atoms with Crippen molar-refractivity contribution in [3.63, 3.8) is 0 Å². The van der Waals surface area contributed by atoms with E-state index in [1.807, 2.05) is 49.4 Å². The average Bonchev–Trinajstić information content (AvgIpc) is 2.67. The van der Waals surface area contributed by atoms with Gasteiger partial charge < -0.3 is 10.1 Å². The lowest BCUT2D eigenvalue weighted by atomic mass is 10.1. The molecule has 0 aliphatic carbocycles. The van der Waals surface area contributed by atoms with Crippen LogP contribution in [0.25, 0.3) is 0 Å². The van der Waals surface area contributed by atoms with Crippen molar-refractivity contribution in [1.29, 1.82) is 0 Å². The molecule has 0 amide bonds. The van der Waals surface area contributed by atoms with Gasteiger partial charge in [0.1, 0.15) is 0 Å². The number of carbonyl (C=O) groups is 1. The summed E-state index contributed by atoms with van der Waals surface area (Å²) >= 11 is 0. The maximum absolute atomic E-state index is 11.7. The minimum absolute atomic E-state index is 0.268. The van der Waals surface area contributed by atoms with Gasteiger partial charge in [0, 0.05) is 11.3 Å². The Morgan fingerprint density at radius 2 is 1.94 bits per heavy atom. The van der Waals surface area contributed by atoms with Crippen LogP contribution >= 0.6 is 0 Å². The fraction of sp³-hybridized carbons (Fsp3) is 0.133. The number of esters is 1. The summed E-state index contributed by atoms with van der Waals surface area (Å²) in [5.41, 5.74) is 3.65. The SMILES string of the molecule is Cc1cccc(NC2OC(=O)c3ccccc32)c1. The summed E-state index contributed by atoms with van der Waals surface area (Å²) < 4.78 is 5.33. The average molecular weight is 239 g/mol. The highest BCUT2D eigenvalue weighted by molar-refractivity contribution is 5.94. The number of rotatable bonds is 2. The van der Waals surface area contributed by atoms with Crippen molar-refractivity contribution in [1.82, 2.24) is 0 Å². The van der Waals surface area contributed by atoms with Crippen molar-refractivity contribution in [2.45, 2.75) is 13.2 Å². The van der Waals surface area contributed by atoms with E-state index in [1.165, 1.54) is 0 Å². The summed E-state index contributed by atoms with van der Waals surface area (Å²) in [6, 6.07) is 15.4. The van der Waals surface area contributed by atoms with Crippen LogP contribution < -0.4 is 5.32 Å². The van der Waals surface area contributed by atoms with Crippen LogP contribution in [0.4, 0.5) is 5.69 Å². The molecule has 1 aliphatic heterocycles. The van der Waals surface area contributed by atoms with Crippen LogP contribution in [0.2, 0.25) is 0 Å². The van der Waals surface area contributed by atoms with E-state index in [0.717, 1.165) is 16.8 Å². The van der Waals surface area contributed by atoms with Gasteiger partial charge in [0.2, 0.25) is 6.23 Å². The van der Waals surface area contributed by atoms with Crippen LogP contribution in [0.3, 0.4) is 0 Å². The third kappa shape index (κ3) is 1.84. The molecular weight excluding hydrogens is 226 g/mol. The minimum atomic E-state index is -0.393. The van der Waals surface area contributed by atoms with Crippen molar-refractivity contribution in [3.05, 3.63) is 65.2 Å². The second-order valence-electron chi connectivity index (χ2n) is 4.39. The van der Waals surface area contributed by atoms with Crippen molar-refractivity contribution >= 4 is 11.7 Å². The Bertz CT molecular complexity index is 607. The Morgan fingerprint density at radius 1 is 1.11 bits per heavy atom. The quantitative estimate of drug-likeness (QED) is 0.817. The summed E-state index contributed by atoms with van der Waals surface area (Å²) in [4.78, 5) is 11.7. The van der Waals surface area contributed by atoms with E-state index in [-0.39, 0.29) is 5.97 Å². The fourth-order valence-electron chi connectivity index (χ4n) is 2.14. The van der Waals surface area contributed by atoms with Gasteiger partial charge in [0.25, 0.3) is 0 Å². The molecule has 0 radical (unpaired) electrons. The first-order chi connectivity index (χ1) is 8.74. The van der Waals surface area contributed by atoms with Crippen molar-refractivity contribution in [2.24, 2.45) is 0 Å². The summed E-state index contributed by atoms with van der Waals surface area (Å²) in [7, 11) is 0. The van der Waals surface area contributed by atoms with Gasteiger partial charge in [-0.3, -0.25) is 0 Å². The highest BCUT2D eigenvalue weighted by Crippen LogP contribution is 2.31. The number of aryl methyl sites for hydroxylation is 1. The summed E-state index contributed by atoms with van der Waals surface area (Å²) in [6.07, 6.45) is -0.393. The maximum atomic E-state index is 11.7. The topological polar surface area (TPSA) is 38.3 Å². The number of carbonyl (C=O) groups excluding carboxylic acids is 1. The molecule has 18 heavy (non-hydrogen) atoms. The molecule has 1 heterocycles. The number of nitrogens with one attached hydrogen (secondary N) is 1. The first-order valence-corrected chi connectivity index (χ1v) is 5.87. The van der Waals surface area contributed by atoms with Crippen LogP contribution in [-0.4, -0.2) is 5.97 Å². The van der Waals surface area contributed by atoms with E-state index in [2.05, 4.69) is 5.32 Å². The Labute approximate surface area is 105 Å². The fourth-order valence-corrected chi connectivity index (χ4v) is 2.14. The zero-order valence-corrected chi connectivity index (χ0v) is 10.0. The van der Waals surface area contributed by atoms with E-state index >= 15 is 0 Å². The summed E-state index contributed by atoms with van der Waals surface area (Å²) in [5, 5.41) is 3.23. The standard InChI is InChI=1S/C15H13NO2/c1-10-5-4-6-11(9-10)16-14-12-7-2-3-8-13(12)15(17)18-14/h2-9,14,16H,1H3. The van der Waals surface area contributed by atoms with Crippen LogP contribution in [-0.2, 0) is 4.74 Å². The number of ether oxygens (including phenoxy) is 1. The molecule has 2 aromatic carbocycles. The lowest BCUT2D eigenvalue weighted by Crippen LogP contribution is -2.10. The lowest BCUT2D eigenvalue weighted by molar-refractivity contribution is 0.0437. The molecule has 1 aliphatic rings. The molecule has 0 saturated heterocycles. The molecule has 1 N–H and O–H groups in total. The zero-order valence-electron chi connectivity index (χ0n) is 10.0. The van der Waals surface area contributed by atoms with E-state index in [0.29, 0.717) is 5.56 Å². The van der Waals surface area contributed by atoms with Crippen LogP contribution in [0.15, 0.2) is 48.5 Å². The zero-order chi connectivity index (χ0) is 12.5. The highest BCUT2D eigenvalue weighted by atomic mass is 16.6. The molecular formula is C15H13NO2. The predicted octanol–water partition coefficient (Wildman–Crippen LogP) is 3.28. The Kier molecular flexibility index (Phi) is 2.52. The molecule has 0 spiro atoms. The van der Waals surface area contributed by atoms with E-state index in [1.54, 1.807) is 6.07 Å². The molecule has 0 bridgehead atoms. The van der Waals surface area contributed by atoms with E-state index < -0.39 is 6.23 Å². The van der Waals surface area contributed by atoms with Crippen LogP contribution in [0.1, 0.15) is 27.7 Å². The van der Waals surface area contributed by atoms with Gasteiger partial charge in [-0.2, -0.15) is 0 Å². The van der Waals surface area contributed by atoms with Gasteiger partial charge in [-0.25, -0.2) is 4.79 Å². The molecule has 1 unspecified atom stereocenters. The second kappa shape index (κ2) is 4.18. The van der Waals surface area contributed by atoms with Gasteiger partial charge in [-0.15, -0.1) is 0 Å². The van der Waals surface area contributed by atoms with Gasteiger partial charge in [0.05, 0.1) is 5.56 Å². The highest BCUT2D eigenvalue weighted by Gasteiger charge is 2.30. The normalized spacial score (nSPS) is 17.2. The number of anilines is 1. The molecule has 0 saturated carbocycles. The molecule has 3 nitrogen and oxygen atoms in total. The molecule has 0 fully saturated rings. The van der Waals surface area contributed by atoms with Crippen molar-refractivity contribution < 1.29 is 9.53 Å². The van der Waals surface area contributed by atoms with Gasteiger partial charge in [-0.05, 0) is 30.7 Å². The molecule has 3 heteroatoms. The molecule has 90 valence electrons. The smallest absolute Gasteiger partial charge is 0.340 e. The van der Waals surface area contributed by atoms with E-state index in [9.17, 15) is 4.79 Å². The van der Waals surface area contributed by atoms with Crippen LogP contribution in [0, 0.1) is 6.92 Å². The number of benzene rings is 2. The predicted molar refractivity (Wildman–Crippen MR) is 69.4 cm³/mol. The first kappa shape index (κ1) is 10.8. The summed E-state index contributed by atoms with van der Waals surface area (Å²) in [6.45, 7) is 2.03. The number of hydrogen-bond donors (Lipinski definition) is 1. The van der Waals surface area contributed by atoms with Crippen molar-refractivity contribution in [2.75, 3.05) is 5.32 Å². The van der Waals surface area contributed by atoms with Gasteiger partial charge >= 0.3 is 5.97 Å². The lowest BCUT2D eigenvalue weighted by Gasteiger charge is -2.14. The molecule has 3 rings (SSSR count). The monoisotopic (exact) mass is 239 g/mol. The van der Waals surface area contributed by atoms with Crippen molar-refractivity contribution in [3.8, 4) is 0 Å². The number of hydrogen-bond acceptors (Lipinski definition) is 3. The summed E-state index contributed by atoms with van der Waals surface area (Å²) in [5.74, 6) is -0.268. The number of fused-ring (bicyclic) bond motifs is 1. The maximum Gasteiger partial charge on any atom is 0.340 e. The Morgan fingerprint density at radius 3 is 2.78 bits per heavy atom. The minimum Gasteiger partial charge on any atom is -0.434 e. The first-order valence-electron chi connectivity index (χ1n) is 5.87. The van der Waals surface area contributed by atoms with Gasteiger partial charge in [-0.1, -0.05) is 30.3 Å². The Hall–Kier alpha value is -2.29. The molecule has 2 aromatic rings. The third-order valence-electron chi connectivity index (χ3n) is 3.00. The third-order valence-corrected chi connectivity index (χ3v) is 3.00. The Balaban J connectivity index is 1.90. The molecule has 1 atom stereocenters. The largest absolute Gasteiger partial charge is 0.434 e. The van der Waals surface area contributed by atoms with E-state index in [4.69, 9.17) is 4.74 Å². The number of cyclic esters (lactones) is 1. The van der Waals surface area contributed by atoms with Crippen LogP contribution in [0.5, 0.6) is 0 Å². The van der Waals surface area contributed by atoms with Gasteiger partial charge in [0.15, 0.2) is 0 Å².